The van der Waals surface area contributed by atoms with E-state index in [1.807, 2.05) is 0 Å². The molecule has 0 aliphatic heterocycles. The molecule has 0 fully saturated rings. The van der Waals surface area contributed by atoms with E-state index in [0.29, 0.717) is 0 Å². The second-order valence-corrected chi connectivity index (χ2v) is 1.58. The van der Waals surface area contributed by atoms with Crippen LogP contribution in [0.2, 0.25) is 0 Å². The number of carbonyl (C=O) groups excluding carboxylic acids is 2. The molecule has 0 radical (unpaired) electrons. The zero-order valence-corrected chi connectivity index (χ0v) is 7.72. The van der Waals surface area contributed by atoms with Crippen LogP contribution in [0.5, 0.6) is 0 Å². The molecule has 0 aromatic rings. The molecule has 51 valence electrons. The first-order valence-electron chi connectivity index (χ1n) is 2.30. The van der Waals surface area contributed by atoms with Crippen molar-refractivity contribution in [2.75, 3.05) is 0 Å². The van der Waals surface area contributed by atoms with Crippen molar-refractivity contribution in [1.82, 2.24) is 0 Å². The predicted molar refractivity (Wildman–Crippen MR) is 31.8 cm³/mol. The Bertz CT molecular complexity index is 91.1. The van der Waals surface area contributed by atoms with Gasteiger partial charge < -0.3 is 0 Å². The number of carbonyl (C=O) groups is 2. The van der Waals surface area contributed by atoms with E-state index >= 15 is 0 Å². The Morgan fingerprint density at radius 1 is 1.22 bits per heavy atom. The predicted octanol–water partition coefficient (Wildman–Crippen LogP) is 1.24. The minimum atomic E-state index is -0.0625. The van der Waals surface area contributed by atoms with Crippen LogP contribution >= 0.6 is 9.30 Å². The molecule has 0 bridgehead atoms. The summed E-state index contributed by atoms with van der Waals surface area (Å²) in [5.41, 5.74) is 0. The third-order valence-electron chi connectivity index (χ3n) is 0.498. The maximum atomic E-state index is 10.0. The summed E-state index contributed by atoms with van der Waals surface area (Å²) < 4.78 is 0. The molecule has 0 saturated heterocycles. The monoisotopic (exact) mass is 183 g/mol. The summed E-state index contributed by atoms with van der Waals surface area (Å²) in [5, 5.41) is 0. The van der Waals surface area contributed by atoms with Gasteiger partial charge in [-0.3, -0.25) is 9.59 Å². The number of hydrogen-bond acceptors (Lipinski definition) is 2. The Kier molecular flexibility index (Phi) is 11.2. The van der Waals surface area contributed by atoms with Gasteiger partial charge in [0.25, 0.3) is 0 Å². The summed E-state index contributed by atoms with van der Waals surface area (Å²) in [6.07, 6.45) is 0.0833. The maximum absolute atomic E-state index is 10.0. The van der Waals surface area contributed by atoms with E-state index in [2.05, 4.69) is 9.30 Å². The second kappa shape index (κ2) is 8.34. The van der Waals surface area contributed by atoms with Crippen LogP contribution in [0, 0.1) is 0 Å². The van der Waals surface area contributed by atoms with Gasteiger partial charge in [0.2, 0.25) is 0 Å². The van der Waals surface area contributed by atoms with Crippen molar-refractivity contribution in [2.24, 2.45) is 0 Å². The molecule has 0 rings (SSSR count). The van der Waals surface area contributed by atoms with E-state index < -0.39 is 0 Å². The average Bonchev–Trinajstić information content (AvgIpc) is 1.68. The van der Waals surface area contributed by atoms with Gasteiger partial charge in [0.15, 0.2) is 0 Å². The molecule has 0 amide bonds. The molecule has 0 spiro atoms. The quantitative estimate of drug-likeness (QED) is 0.477. The van der Waals surface area contributed by atoms with E-state index in [-0.39, 0.29) is 18.0 Å². The van der Waals surface area contributed by atoms with Crippen LogP contribution in [-0.4, -0.2) is 11.6 Å². The van der Waals surface area contributed by atoms with E-state index in [1.165, 1.54) is 33.2 Å². The summed E-state index contributed by atoms with van der Waals surface area (Å²) in [4.78, 5) is 20.1. The molecule has 0 heterocycles. The topological polar surface area (TPSA) is 34.1 Å². The number of rotatable bonds is 2. The van der Waals surface area contributed by atoms with E-state index in [4.69, 9.17) is 0 Å². The number of Topliss-reactive ketones (excluding diaryl/α,β-unsaturated/α-hetero) is 2. The van der Waals surface area contributed by atoms with Crippen molar-refractivity contribution in [3.05, 3.63) is 0 Å². The SMILES string of the molecule is CC(=O)CC(C)=O.[Cl][Ti]. The van der Waals surface area contributed by atoms with Crippen molar-refractivity contribution >= 4 is 20.9 Å². The van der Waals surface area contributed by atoms with Gasteiger partial charge in [-0.2, -0.15) is 0 Å². The van der Waals surface area contributed by atoms with Gasteiger partial charge in [-0.25, -0.2) is 0 Å². The molecule has 0 aromatic carbocycles. The van der Waals surface area contributed by atoms with E-state index in [0.717, 1.165) is 0 Å². The molecule has 0 aliphatic rings. The molecule has 0 aromatic heterocycles. The summed E-state index contributed by atoms with van der Waals surface area (Å²) >= 11 is 1.47. The third-order valence-corrected chi connectivity index (χ3v) is 0.498. The molecule has 2 nitrogen and oxygen atoms in total. The van der Waals surface area contributed by atoms with E-state index in [1.54, 1.807) is 0 Å². The molecule has 0 saturated carbocycles. The van der Waals surface area contributed by atoms with Crippen LogP contribution in [0.3, 0.4) is 0 Å². The average molecular weight is 183 g/mol. The standard InChI is InChI=1S/C5H8O2.ClH.Ti/c1-4(6)3-5(2)7;;/h3H2,1-2H3;1H;/q;;+1/p-1. The van der Waals surface area contributed by atoms with Gasteiger partial charge in [-0.15, -0.1) is 0 Å². The Morgan fingerprint density at radius 3 is 1.44 bits per heavy atom. The first-order valence-corrected chi connectivity index (χ1v) is 4.45. The Labute approximate surface area is 70.2 Å². The molecule has 0 atom stereocenters. The first-order chi connectivity index (χ1) is 4.13. The fraction of sp³-hybridized carbons (Fsp3) is 0.600. The number of hydrogen-bond donors (Lipinski definition) is 0. The van der Waals surface area contributed by atoms with Crippen LogP contribution in [0.25, 0.3) is 0 Å². The molecule has 9 heavy (non-hydrogen) atoms. The van der Waals surface area contributed by atoms with Gasteiger partial charge in [0.1, 0.15) is 11.6 Å². The molecule has 0 unspecified atom stereocenters. The van der Waals surface area contributed by atoms with Crippen molar-refractivity contribution in [3.63, 3.8) is 0 Å². The molecular formula is C5H8ClO2Ti. The first kappa shape index (κ1) is 12.1. The third kappa shape index (κ3) is 17.8. The molecule has 0 aliphatic carbocycles. The summed E-state index contributed by atoms with van der Waals surface area (Å²) in [5.74, 6) is -0.125. The van der Waals surface area contributed by atoms with Crippen LogP contribution in [-0.2, 0) is 29.0 Å². The number of halogens is 1. The number of ketones is 2. The van der Waals surface area contributed by atoms with Crippen LogP contribution in [0.1, 0.15) is 20.3 Å². The Balaban J connectivity index is 0. The minimum absolute atomic E-state index is 0.0625. The summed E-state index contributed by atoms with van der Waals surface area (Å²) in [6, 6.07) is 0. The fourth-order valence-electron chi connectivity index (χ4n) is 0.351. The molecule has 0 N–H and O–H groups in total. The summed E-state index contributed by atoms with van der Waals surface area (Å²) in [6.45, 7) is 2.81. The van der Waals surface area contributed by atoms with E-state index in [9.17, 15) is 9.59 Å². The zero-order chi connectivity index (χ0) is 7.86. The molecular weight excluding hydrogens is 175 g/mol. The van der Waals surface area contributed by atoms with Crippen molar-refractivity contribution in [2.45, 2.75) is 20.3 Å². The Morgan fingerprint density at radius 2 is 1.44 bits per heavy atom. The van der Waals surface area contributed by atoms with Crippen molar-refractivity contribution in [3.8, 4) is 0 Å². The fourth-order valence-corrected chi connectivity index (χ4v) is 0.351. The zero-order valence-electron chi connectivity index (χ0n) is 5.40. The second-order valence-electron chi connectivity index (χ2n) is 1.58. The normalized spacial score (nSPS) is 6.89. The van der Waals surface area contributed by atoms with Crippen molar-refractivity contribution < 1.29 is 29.0 Å². The van der Waals surface area contributed by atoms with Gasteiger partial charge in [-0.1, -0.05) is 0 Å². The van der Waals surface area contributed by atoms with Crippen LogP contribution < -0.4 is 0 Å². The van der Waals surface area contributed by atoms with Gasteiger partial charge in [0.05, 0.1) is 6.42 Å². The Hall–Kier alpha value is 0.344. The van der Waals surface area contributed by atoms with Crippen LogP contribution in [0.4, 0.5) is 0 Å². The van der Waals surface area contributed by atoms with Gasteiger partial charge in [0, 0.05) is 0 Å². The van der Waals surface area contributed by atoms with Gasteiger partial charge >= 0.3 is 28.7 Å². The summed E-state index contributed by atoms with van der Waals surface area (Å²) in [7, 11) is 4.64. The molecule has 4 heteroatoms. The van der Waals surface area contributed by atoms with Crippen LogP contribution in [0.15, 0.2) is 0 Å². The van der Waals surface area contributed by atoms with Crippen molar-refractivity contribution in [1.29, 1.82) is 0 Å². The van der Waals surface area contributed by atoms with Gasteiger partial charge in [-0.05, 0) is 13.8 Å².